The Morgan fingerprint density at radius 3 is 2.66 bits per heavy atom. The lowest BCUT2D eigenvalue weighted by molar-refractivity contribution is 0.100. The van der Waals surface area contributed by atoms with Gasteiger partial charge in [-0.3, -0.25) is 13.9 Å². The first-order chi connectivity index (χ1) is 13.7. The molecule has 0 unspecified atom stereocenters. The highest BCUT2D eigenvalue weighted by Crippen LogP contribution is 2.39. The van der Waals surface area contributed by atoms with Crippen LogP contribution in [0.25, 0.3) is 0 Å². The van der Waals surface area contributed by atoms with Crippen molar-refractivity contribution in [1.82, 2.24) is 0 Å². The number of anilines is 2. The Labute approximate surface area is 174 Å². The second-order valence-corrected chi connectivity index (χ2v) is 10.7. The maximum atomic E-state index is 12.9. The first kappa shape index (κ1) is 19.9. The SMILES string of the molecule is C[C@H]1Cc2cc(C(=O)Nc3sc4c(c3C(N)=O)CCCC4)ccc2N1S(C)(=O)=O. The van der Waals surface area contributed by atoms with E-state index >= 15 is 0 Å². The first-order valence-corrected chi connectivity index (χ1v) is 12.2. The van der Waals surface area contributed by atoms with Crippen LogP contribution in [0.3, 0.4) is 0 Å². The minimum Gasteiger partial charge on any atom is -0.365 e. The number of hydrogen-bond donors (Lipinski definition) is 2. The summed E-state index contributed by atoms with van der Waals surface area (Å²) < 4.78 is 25.5. The molecule has 0 bridgehead atoms. The molecule has 0 fully saturated rings. The molecule has 0 saturated heterocycles. The number of aryl methyl sites for hydroxylation is 1. The van der Waals surface area contributed by atoms with Crippen molar-refractivity contribution in [2.75, 3.05) is 15.9 Å². The average molecular weight is 434 g/mol. The van der Waals surface area contributed by atoms with Crippen LogP contribution >= 0.6 is 11.3 Å². The molecule has 29 heavy (non-hydrogen) atoms. The van der Waals surface area contributed by atoms with Crippen LogP contribution in [0.15, 0.2) is 18.2 Å². The second-order valence-electron chi connectivity index (χ2n) is 7.69. The lowest BCUT2D eigenvalue weighted by atomic mass is 9.95. The van der Waals surface area contributed by atoms with Crippen molar-refractivity contribution in [1.29, 1.82) is 0 Å². The third-order valence-electron chi connectivity index (χ3n) is 5.50. The Bertz CT molecular complexity index is 1120. The van der Waals surface area contributed by atoms with E-state index in [2.05, 4.69) is 5.32 Å². The van der Waals surface area contributed by atoms with E-state index in [9.17, 15) is 18.0 Å². The molecule has 3 N–H and O–H groups in total. The van der Waals surface area contributed by atoms with Gasteiger partial charge in [-0.15, -0.1) is 11.3 Å². The molecule has 154 valence electrons. The Hall–Kier alpha value is -2.39. The highest BCUT2D eigenvalue weighted by molar-refractivity contribution is 7.92. The van der Waals surface area contributed by atoms with Crippen molar-refractivity contribution in [2.24, 2.45) is 5.73 Å². The van der Waals surface area contributed by atoms with Gasteiger partial charge in [-0.2, -0.15) is 0 Å². The summed E-state index contributed by atoms with van der Waals surface area (Å²) in [4.78, 5) is 26.0. The standard InChI is InChI=1S/C20H23N3O4S2/c1-11-9-13-10-12(7-8-15(13)23(11)29(2,26)27)19(25)22-20-17(18(21)24)14-5-3-4-6-16(14)28-20/h7-8,10-11H,3-6,9H2,1-2H3,(H2,21,24)(H,22,25)/t11-/m0/s1. The van der Waals surface area contributed by atoms with Gasteiger partial charge in [-0.25, -0.2) is 8.42 Å². The van der Waals surface area contributed by atoms with Gasteiger partial charge < -0.3 is 11.1 Å². The molecule has 9 heteroatoms. The van der Waals surface area contributed by atoms with E-state index in [0.717, 1.165) is 41.7 Å². The predicted molar refractivity (Wildman–Crippen MR) is 114 cm³/mol. The number of carbonyl (C=O) groups excluding carboxylic acids is 2. The average Bonchev–Trinajstić information content (AvgIpc) is 3.16. The van der Waals surface area contributed by atoms with Crippen molar-refractivity contribution in [3.63, 3.8) is 0 Å². The minimum absolute atomic E-state index is 0.191. The number of carbonyl (C=O) groups is 2. The summed E-state index contributed by atoms with van der Waals surface area (Å²) in [6.07, 6.45) is 5.51. The molecule has 0 saturated carbocycles. The topological polar surface area (TPSA) is 110 Å². The zero-order valence-electron chi connectivity index (χ0n) is 16.3. The van der Waals surface area contributed by atoms with E-state index in [1.165, 1.54) is 21.9 Å². The van der Waals surface area contributed by atoms with Crippen molar-refractivity contribution in [2.45, 2.75) is 45.1 Å². The molecule has 0 radical (unpaired) electrons. The number of hydrogen-bond acceptors (Lipinski definition) is 5. The number of sulfonamides is 1. The highest BCUT2D eigenvalue weighted by atomic mass is 32.2. The van der Waals surface area contributed by atoms with E-state index in [0.29, 0.717) is 28.2 Å². The Morgan fingerprint density at radius 1 is 1.24 bits per heavy atom. The van der Waals surface area contributed by atoms with E-state index in [-0.39, 0.29) is 11.9 Å². The molecule has 2 amide bonds. The molecule has 1 aliphatic heterocycles. The molecule has 0 spiro atoms. The molecule has 1 atom stereocenters. The number of amides is 2. The monoisotopic (exact) mass is 433 g/mol. The molecule has 1 aliphatic carbocycles. The third-order valence-corrected chi connectivity index (χ3v) is 7.98. The molecular weight excluding hydrogens is 410 g/mol. The molecular formula is C20H23N3O4S2. The van der Waals surface area contributed by atoms with Crippen molar-refractivity contribution in [3.05, 3.63) is 45.3 Å². The smallest absolute Gasteiger partial charge is 0.256 e. The number of primary amides is 1. The van der Waals surface area contributed by atoms with Gasteiger partial charge in [0.05, 0.1) is 17.5 Å². The first-order valence-electron chi connectivity index (χ1n) is 9.55. The van der Waals surface area contributed by atoms with Crippen LogP contribution in [0.4, 0.5) is 10.7 Å². The van der Waals surface area contributed by atoms with Crippen LogP contribution < -0.4 is 15.4 Å². The number of nitrogens with one attached hydrogen (secondary N) is 1. The lowest BCUT2D eigenvalue weighted by Crippen LogP contribution is -2.34. The van der Waals surface area contributed by atoms with Crippen LogP contribution in [-0.2, 0) is 29.3 Å². The van der Waals surface area contributed by atoms with E-state index in [1.807, 2.05) is 6.92 Å². The van der Waals surface area contributed by atoms with Crippen LogP contribution in [0.1, 0.15) is 56.5 Å². The van der Waals surface area contributed by atoms with Crippen LogP contribution in [0.2, 0.25) is 0 Å². The fourth-order valence-corrected chi connectivity index (χ4v) is 6.89. The maximum Gasteiger partial charge on any atom is 0.256 e. The van der Waals surface area contributed by atoms with Gasteiger partial charge >= 0.3 is 0 Å². The van der Waals surface area contributed by atoms with Gasteiger partial charge in [0.15, 0.2) is 0 Å². The largest absolute Gasteiger partial charge is 0.365 e. The number of fused-ring (bicyclic) bond motifs is 2. The number of rotatable bonds is 4. The highest BCUT2D eigenvalue weighted by Gasteiger charge is 2.33. The number of benzene rings is 1. The Kier molecular flexibility index (Phi) is 4.90. The fraction of sp³-hybridized carbons (Fsp3) is 0.400. The molecule has 7 nitrogen and oxygen atoms in total. The van der Waals surface area contributed by atoms with Crippen molar-refractivity contribution in [3.8, 4) is 0 Å². The summed E-state index contributed by atoms with van der Waals surface area (Å²) in [6.45, 7) is 1.84. The summed E-state index contributed by atoms with van der Waals surface area (Å²) in [7, 11) is -3.38. The van der Waals surface area contributed by atoms with Gasteiger partial charge in [0, 0.05) is 16.5 Å². The maximum absolute atomic E-state index is 12.9. The Morgan fingerprint density at radius 2 is 1.97 bits per heavy atom. The Balaban J connectivity index is 1.64. The van der Waals surface area contributed by atoms with Gasteiger partial charge in [-0.05, 0) is 68.4 Å². The van der Waals surface area contributed by atoms with E-state index in [4.69, 9.17) is 5.73 Å². The minimum atomic E-state index is -3.38. The number of thiophene rings is 1. The van der Waals surface area contributed by atoms with Crippen molar-refractivity contribution < 1.29 is 18.0 Å². The van der Waals surface area contributed by atoms with Crippen LogP contribution in [0.5, 0.6) is 0 Å². The summed E-state index contributed by atoms with van der Waals surface area (Å²) in [5.74, 6) is -0.856. The van der Waals surface area contributed by atoms with E-state index in [1.54, 1.807) is 18.2 Å². The molecule has 4 rings (SSSR count). The molecule has 1 aromatic carbocycles. The number of nitrogens with two attached hydrogens (primary N) is 1. The van der Waals surface area contributed by atoms with Crippen LogP contribution in [-0.4, -0.2) is 32.5 Å². The van der Waals surface area contributed by atoms with Gasteiger partial charge in [0.2, 0.25) is 10.0 Å². The fourth-order valence-electron chi connectivity index (χ4n) is 4.34. The quantitative estimate of drug-likeness (QED) is 0.772. The molecule has 1 aromatic heterocycles. The summed E-state index contributed by atoms with van der Waals surface area (Å²) in [5.41, 5.74) is 8.84. The van der Waals surface area contributed by atoms with Gasteiger partial charge in [0.25, 0.3) is 11.8 Å². The zero-order valence-corrected chi connectivity index (χ0v) is 18.0. The molecule has 2 aromatic rings. The van der Waals surface area contributed by atoms with Gasteiger partial charge in [0.1, 0.15) is 5.00 Å². The zero-order chi connectivity index (χ0) is 20.9. The predicted octanol–water partition coefficient (Wildman–Crippen LogP) is 2.69. The second kappa shape index (κ2) is 7.14. The summed E-state index contributed by atoms with van der Waals surface area (Å²) >= 11 is 1.42. The van der Waals surface area contributed by atoms with Gasteiger partial charge in [-0.1, -0.05) is 0 Å². The number of nitrogens with zero attached hydrogens (tertiary/aromatic N) is 1. The summed E-state index contributed by atoms with van der Waals surface area (Å²) in [6, 6.07) is 4.82. The normalized spacial score (nSPS) is 18.3. The lowest BCUT2D eigenvalue weighted by Gasteiger charge is -2.21. The van der Waals surface area contributed by atoms with Crippen LogP contribution in [0, 0.1) is 0 Å². The van der Waals surface area contributed by atoms with Crippen molar-refractivity contribution >= 4 is 43.9 Å². The third kappa shape index (κ3) is 3.53. The van der Waals surface area contributed by atoms with E-state index < -0.39 is 15.9 Å². The molecule has 2 aliphatic rings. The summed E-state index contributed by atoms with van der Waals surface area (Å²) in [5, 5.41) is 3.36. The molecule has 2 heterocycles.